The number of anilines is 3. The van der Waals surface area contributed by atoms with Crippen molar-refractivity contribution in [1.82, 2.24) is 9.97 Å². The van der Waals surface area contributed by atoms with Crippen LogP contribution < -0.4 is 15.5 Å². The molecule has 8 nitrogen and oxygen atoms in total. The molecule has 0 spiro atoms. The summed E-state index contributed by atoms with van der Waals surface area (Å²) in [7, 11) is 3.77. The topological polar surface area (TPSA) is 111 Å². The van der Waals surface area contributed by atoms with E-state index >= 15 is 0 Å². The zero-order chi connectivity index (χ0) is 26.0. The molecule has 2 aromatic heterocycles. The fourth-order valence-electron chi connectivity index (χ4n) is 3.48. The Bertz CT molecular complexity index is 1520. The molecule has 0 radical (unpaired) electrons. The summed E-state index contributed by atoms with van der Waals surface area (Å²) in [5.41, 5.74) is 3.15. The molecule has 0 fully saturated rings. The molecule has 182 valence electrons. The minimum atomic E-state index is -0.705. The second-order valence-corrected chi connectivity index (χ2v) is 10.2. The van der Waals surface area contributed by atoms with Gasteiger partial charge in [0, 0.05) is 31.0 Å². The number of aromatic nitrogens is 2. The number of nitrogens with one attached hydrogen (secondary N) is 2. The van der Waals surface area contributed by atoms with Crippen molar-refractivity contribution < 1.29 is 9.59 Å². The third kappa shape index (κ3) is 5.19. The summed E-state index contributed by atoms with van der Waals surface area (Å²) >= 11 is 1.27. The maximum Gasteiger partial charge on any atom is 0.265 e. The minimum Gasteiger partial charge on any atom is -0.361 e. The van der Waals surface area contributed by atoms with E-state index in [1.54, 1.807) is 42.6 Å². The van der Waals surface area contributed by atoms with Gasteiger partial charge in [0.1, 0.15) is 16.2 Å². The number of hydrogen-bond donors (Lipinski definition) is 2. The number of hydrogen-bond acceptors (Lipinski definition) is 7. The van der Waals surface area contributed by atoms with Crippen LogP contribution in [0.4, 0.5) is 17.2 Å². The molecular formula is C27H26N6O2S. The number of carbonyl (C=O) groups excluding carboxylic acids is 2. The number of thiophene rings is 1. The van der Waals surface area contributed by atoms with E-state index in [9.17, 15) is 14.9 Å². The van der Waals surface area contributed by atoms with E-state index in [2.05, 4.69) is 26.7 Å². The Kier molecular flexibility index (Phi) is 6.73. The highest BCUT2D eigenvalue weighted by Crippen LogP contribution is 2.27. The van der Waals surface area contributed by atoms with Crippen molar-refractivity contribution in [3.8, 4) is 6.07 Å². The molecule has 2 aromatic carbocycles. The van der Waals surface area contributed by atoms with Gasteiger partial charge in [-0.25, -0.2) is 9.97 Å². The van der Waals surface area contributed by atoms with Crippen molar-refractivity contribution in [2.75, 3.05) is 29.6 Å². The lowest BCUT2D eigenvalue weighted by molar-refractivity contribution is 0.102. The second-order valence-electron chi connectivity index (χ2n) is 9.18. The number of nitriles is 1. The van der Waals surface area contributed by atoms with Crippen molar-refractivity contribution in [3.63, 3.8) is 0 Å². The van der Waals surface area contributed by atoms with Gasteiger partial charge in [0.05, 0.1) is 22.6 Å². The molecule has 2 amide bonds. The SMILES string of the molecule is Cc1ccc(NC(=O)c2cccc(C(C)(C)C#N)c2)cc1NC(=O)c1cc2nc(N(C)C)cnc2s1. The fourth-order valence-corrected chi connectivity index (χ4v) is 4.31. The fraction of sp³-hybridized carbons (Fsp3) is 0.222. The predicted molar refractivity (Wildman–Crippen MR) is 144 cm³/mol. The first-order valence-corrected chi connectivity index (χ1v) is 12.1. The molecule has 2 heterocycles. The molecule has 9 heteroatoms. The molecule has 0 bridgehead atoms. The van der Waals surface area contributed by atoms with Crippen molar-refractivity contribution in [3.05, 3.63) is 76.3 Å². The van der Waals surface area contributed by atoms with Crippen LogP contribution in [-0.4, -0.2) is 35.9 Å². The van der Waals surface area contributed by atoms with E-state index in [-0.39, 0.29) is 11.8 Å². The highest BCUT2D eigenvalue weighted by Gasteiger charge is 2.21. The first-order chi connectivity index (χ1) is 17.1. The molecule has 2 N–H and O–H groups in total. The average molecular weight is 499 g/mol. The van der Waals surface area contributed by atoms with Gasteiger partial charge in [-0.05, 0) is 62.2 Å². The number of carbonyl (C=O) groups is 2. The summed E-state index contributed by atoms with van der Waals surface area (Å²) in [4.78, 5) is 37.9. The summed E-state index contributed by atoms with van der Waals surface area (Å²) in [5.74, 6) is 0.141. The molecule has 4 rings (SSSR count). The lowest BCUT2D eigenvalue weighted by atomic mass is 9.85. The van der Waals surface area contributed by atoms with Crippen molar-refractivity contribution in [2.45, 2.75) is 26.2 Å². The van der Waals surface area contributed by atoms with Gasteiger partial charge >= 0.3 is 0 Å². The zero-order valence-corrected chi connectivity index (χ0v) is 21.5. The van der Waals surface area contributed by atoms with E-state index in [0.717, 1.165) is 11.1 Å². The largest absolute Gasteiger partial charge is 0.361 e. The maximum atomic E-state index is 13.0. The van der Waals surface area contributed by atoms with Crippen LogP contribution in [0, 0.1) is 18.3 Å². The van der Waals surface area contributed by atoms with Crippen molar-refractivity contribution >= 4 is 50.7 Å². The Morgan fingerprint density at radius 1 is 1.06 bits per heavy atom. The number of rotatable bonds is 6. The second kappa shape index (κ2) is 9.76. The van der Waals surface area contributed by atoms with Crippen molar-refractivity contribution in [1.29, 1.82) is 5.26 Å². The van der Waals surface area contributed by atoms with Gasteiger partial charge < -0.3 is 15.5 Å². The number of benzene rings is 2. The molecule has 0 aliphatic carbocycles. The Hall–Kier alpha value is -4.29. The van der Waals surface area contributed by atoms with Crippen LogP contribution in [-0.2, 0) is 5.41 Å². The van der Waals surface area contributed by atoms with Gasteiger partial charge in [0.25, 0.3) is 11.8 Å². The molecule has 36 heavy (non-hydrogen) atoms. The van der Waals surface area contributed by atoms with Gasteiger partial charge in [0.2, 0.25) is 0 Å². The third-order valence-corrected chi connectivity index (χ3v) is 6.81. The van der Waals surface area contributed by atoms with E-state index in [4.69, 9.17) is 0 Å². The summed E-state index contributed by atoms with van der Waals surface area (Å²) < 4.78 is 0. The molecule has 0 atom stereocenters. The highest BCUT2D eigenvalue weighted by molar-refractivity contribution is 7.20. The average Bonchev–Trinajstić information content (AvgIpc) is 3.30. The summed E-state index contributed by atoms with van der Waals surface area (Å²) in [5, 5.41) is 15.2. The van der Waals surface area contributed by atoms with E-state index in [1.807, 2.05) is 51.9 Å². The lowest BCUT2D eigenvalue weighted by Crippen LogP contribution is -2.17. The van der Waals surface area contributed by atoms with Gasteiger partial charge in [0.15, 0.2) is 0 Å². The number of fused-ring (bicyclic) bond motifs is 1. The molecular weight excluding hydrogens is 472 g/mol. The normalized spacial score (nSPS) is 11.1. The van der Waals surface area contributed by atoms with Gasteiger partial charge in [-0.3, -0.25) is 9.59 Å². The van der Waals surface area contributed by atoms with Crippen LogP contribution >= 0.6 is 11.3 Å². The zero-order valence-electron chi connectivity index (χ0n) is 20.7. The summed E-state index contributed by atoms with van der Waals surface area (Å²) in [6.07, 6.45) is 1.67. The molecule has 0 saturated carbocycles. The number of amides is 2. The minimum absolute atomic E-state index is 0.274. The maximum absolute atomic E-state index is 13.0. The Labute approximate surface area is 213 Å². The van der Waals surface area contributed by atoms with Crippen LogP contribution in [0.2, 0.25) is 0 Å². The Morgan fingerprint density at radius 3 is 2.56 bits per heavy atom. The van der Waals surface area contributed by atoms with Crippen molar-refractivity contribution in [2.24, 2.45) is 0 Å². The quantitative estimate of drug-likeness (QED) is 0.370. The van der Waals surface area contributed by atoms with Crippen LogP contribution in [0.25, 0.3) is 10.3 Å². The number of nitrogens with zero attached hydrogens (tertiary/aromatic N) is 4. The molecule has 0 aliphatic heterocycles. The smallest absolute Gasteiger partial charge is 0.265 e. The van der Waals surface area contributed by atoms with E-state index in [0.29, 0.717) is 38.0 Å². The van der Waals surface area contributed by atoms with Crippen LogP contribution in [0.1, 0.15) is 45.0 Å². The van der Waals surface area contributed by atoms with Crippen LogP contribution in [0.5, 0.6) is 0 Å². The van der Waals surface area contributed by atoms with Crippen LogP contribution in [0.3, 0.4) is 0 Å². The molecule has 0 aliphatic rings. The first-order valence-electron chi connectivity index (χ1n) is 11.3. The molecule has 4 aromatic rings. The first kappa shape index (κ1) is 24.8. The Morgan fingerprint density at radius 2 is 1.83 bits per heavy atom. The standard InChI is InChI=1S/C27H26N6O2S/c1-16-9-10-19(30-24(34)17-7-6-8-18(11-17)27(2,3)15-28)12-20(16)32-25(35)22-13-21-26(36-22)29-14-23(31-21)33(4)5/h6-14H,1-5H3,(H,30,34)(H,32,35). The monoisotopic (exact) mass is 498 g/mol. The summed E-state index contributed by atoms with van der Waals surface area (Å²) in [6.45, 7) is 5.50. The van der Waals surface area contributed by atoms with Gasteiger partial charge in [-0.2, -0.15) is 5.26 Å². The number of aryl methyl sites for hydroxylation is 1. The van der Waals surface area contributed by atoms with Gasteiger partial charge in [-0.15, -0.1) is 11.3 Å². The lowest BCUT2D eigenvalue weighted by Gasteiger charge is -2.16. The highest BCUT2D eigenvalue weighted by atomic mass is 32.1. The van der Waals surface area contributed by atoms with Gasteiger partial charge in [-0.1, -0.05) is 18.2 Å². The third-order valence-electron chi connectivity index (χ3n) is 5.78. The Balaban J connectivity index is 1.52. The molecule has 0 unspecified atom stereocenters. The van der Waals surface area contributed by atoms with E-state index in [1.165, 1.54) is 11.3 Å². The van der Waals surface area contributed by atoms with E-state index < -0.39 is 5.41 Å². The molecule has 0 saturated heterocycles. The summed E-state index contributed by atoms with van der Waals surface area (Å²) in [6, 6.07) is 16.3. The predicted octanol–water partition coefficient (Wildman–Crippen LogP) is 5.37. The van der Waals surface area contributed by atoms with Crippen LogP contribution in [0.15, 0.2) is 54.7 Å².